The van der Waals surface area contributed by atoms with Gasteiger partial charge in [0.05, 0.1) is 21.6 Å². The van der Waals surface area contributed by atoms with E-state index in [1.165, 1.54) is 30.5 Å². The maximum absolute atomic E-state index is 13.1. The van der Waals surface area contributed by atoms with Crippen molar-refractivity contribution in [3.05, 3.63) is 81.1 Å². The van der Waals surface area contributed by atoms with E-state index in [0.717, 1.165) is 24.3 Å². The first-order chi connectivity index (χ1) is 19.2. The van der Waals surface area contributed by atoms with E-state index in [1.807, 2.05) is 4.72 Å². The number of halogens is 1. The van der Waals surface area contributed by atoms with Crippen LogP contribution in [0.5, 0.6) is 11.5 Å². The van der Waals surface area contributed by atoms with Crippen molar-refractivity contribution in [3.63, 3.8) is 0 Å². The molecule has 14 heteroatoms. The van der Waals surface area contributed by atoms with Crippen molar-refractivity contribution < 1.29 is 27.6 Å². The predicted molar refractivity (Wildman–Crippen MR) is 150 cm³/mol. The largest absolute Gasteiger partial charge is 0.455 e. The van der Waals surface area contributed by atoms with Crippen molar-refractivity contribution >= 4 is 54.3 Å². The summed E-state index contributed by atoms with van der Waals surface area (Å²) in [5.41, 5.74) is 0.371. The van der Waals surface area contributed by atoms with Gasteiger partial charge in [-0.25, -0.2) is 18.1 Å². The molecule has 1 fully saturated rings. The van der Waals surface area contributed by atoms with Crippen LogP contribution in [0, 0.1) is 16.0 Å². The molecule has 0 spiro atoms. The molecule has 1 amide bonds. The number of aromatic amines is 1. The standard InChI is InChI=1S/C26H24BrN5O7S/c27-18-1-3-21(24(12-18)39-19-11-17-5-8-28-25(17)30-15-19)26(33)31-40(36,37)20-2-4-22(23(13-20)32(34)35)29-14-16-6-9-38-10-7-16/h1-5,8,11-13,15-16,29H,6-7,9-10,14H2,(H,28,30)(H,31,33). The van der Waals surface area contributed by atoms with Gasteiger partial charge in [0.1, 0.15) is 22.8 Å². The van der Waals surface area contributed by atoms with Crippen molar-refractivity contribution in [3.8, 4) is 11.5 Å². The van der Waals surface area contributed by atoms with Gasteiger partial charge in [-0.2, -0.15) is 0 Å². The Morgan fingerprint density at radius 3 is 2.75 bits per heavy atom. The first-order valence-corrected chi connectivity index (χ1v) is 14.5. The van der Waals surface area contributed by atoms with Crippen LogP contribution in [-0.4, -0.2) is 49.0 Å². The van der Waals surface area contributed by atoms with E-state index in [-0.39, 0.29) is 17.0 Å². The lowest BCUT2D eigenvalue weighted by Gasteiger charge is -2.22. The minimum absolute atomic E-state index is 0.0646. The van der Waals surface area contributed by atoms with E-state index < -0.39 is 31.4 Å². The Bertz CT molecular complexity index is 1690. The molecule has 3 heterocycles. The maximum atomic E-state index is 13.1. The Hall–Kier alpha value is -4.01. The summed E-state index contributed by atoms with van der Waals surface area (Å²) in [7, 11) is -4.47. The molecule has 208 valence electrons. The Morgan fingerprint density at radius 2 is 1.98 bits per heavy atom. The second-order valence-corrected chi connectivity index (χ2v) is 11.7. The number of nitrogens with one attached hydrogen (secondary N) is 3. The third-order valence-corrected chi connectivity index (χ3v) is 8.24. The van der Waals surface area contributed by atoms with Gasteiger partial charge in [0.25, 0.3) is 21.6 Å². The fourth-order valence-corrected chi connectivity index (χ4v) is 5.62. The molecule has 40 heavy (non-hydrogen) atoms. The van der Waals surface area contributed by atoms with Crippen LogP contribution in [0.2, 0.25) is 0 Å². The molecule has 1 aliphatic rings. The number of benzene rings is 2. The molecular weight excluding hydrogens is 606 g/mol. The van der Waals surface area contributed by atoms with Crippen molar-refractivity contribution in [1.29, 1.82) is 0 Å². The molecule has 2 aromatic carbocycles. The number of sulfonamides is 1. The summed E-state index contributed by atoms with van der Waals surface area (Å²) in [6.45, 7) is 1.76. The molecule has 0 bridgehead atoms. The minimum atomic E-state index is -4.47. The number of hydrogen-bond acceptors (Lipinski definition) is 9. The number of amides is 1. The summed E-state index contributed by atoms with van der Waals surface area (Å²) >= 11 is 3.33. The summed E-state index contributed by atoms with van der Waals surface area (Å²) in [5, 5.41) is 15.6. The Labute approximate surface area is 237 Å². The lowest BCUT2D eigenvalue weighted by molar-refractivity contribution is -0.384. The molecule has 2 aromatic heterocycles. The zero-order chi connectivity index (χ0) is 28.3. The molecular formula is C26H24BrN5O7S. The number of hydrogen-bond donors (Lipinski definition) is 3. The van der Waals surface area contributed by atoms with Crippen LogP contribution >= 0.6 is 15.9 Å². The van der Waals surface area contributed by atoms with Crippen molar-refractivity contribution in [2.45, 2.75) is 17.7 Å². The summed E-state index contributed by atoms with van der Waals surface area (Å²) in [6.07, 6.45) is 4.86. The number of nitrogens with zero attached hydrogens (tertiary/aromatic N) is 2. The quantitative estimate of drug-likeness (QED) is 0.171. The number of ether oxygens (including phenoxy) is 2. The van der Waals surface area contributed by atoms with Crippen LogP contribution in [-0.2, 0) is 14.8 Å². The molecule has 4 aromatic rings. The fraction of sp³-hybridized carbons (Fsp3) is 0.231. The van der Waals surface area contributed by atoms with Crippen LogP contribution < -0.4 is 14.8 Å². The number of carbonyl (C=O) groups excluding carboxylic acids is 1. The SMILES string of the molecule is O=C(NS(=O)(=O)c1ccc(NCC2CCOCC2)c([N+](=O)[O-])c1)c1ccc(Br)cc1Oc1cnc2[nH]ccc2c1. The third kappa shape index (κ3) is 6.24. The number of aromatic nitrogens is 2. The summed E-state index contributed by atoms with van der Waals surface area (Å²) < 4.78 is 40.0. The normalized spacial score (nSPS) is 14.1. The van der Waals surface area contributed by atoms with Crippen molar-refractivity contribution in [1.82, 2.24) is 14.7 Å². The number of pyridine rings is 1. The van der Waals surface area contributed by atoms with Crippen LogP contribution in [0.25, 0.3) is 11.0 Å². The first-order valence-electron chi connectivity index (χ1n) is 12.3. The zero-order valence-electron chi connectivity index (χ0n) is 20.9. The van der Waals surface area contributed by atoms with E-state index in [1.54, 1.807) is 24.4 Å². The first kappa shape index (κ1) is 27.6. The number of nitro groups is 1. The molecule has 12 nitrogen and oxygen atoms in total. The number of anilines is 1. The highest BCUT2D eigenvalue weighted by Gasteiger charge is 2.26. The van der Waals surface area contributed by atoms with Crippen molar-refractivity contribution in [2.24, 2.45) is 5.92 Å². The predicted octanol–water partition coefficient (Wildman–Crippen LogP) is 4.98. The zero-order valence-corrected chi connectivity index (χ0v) is 23.3. The Balaban J connectivity index is 1.35. The average Bonchev–Trinajstić information content (AvgIpc) is 3.40. The summed E-state index contributed by atoms with van der Waals surface area (Å²) in [5.74, 6) is -0.263. The Morgan fingerprint density at radius 1 is 1.18 bits per heavy atom. The lowest BCUT2D eigenvalue weighted by atomic mass is 10.0. The summed E-state index contributed by atoms with van der Waals surface area (Å²) in [4.78, 5) is 31.0. The van der Waals surface area contributed by atoms with Crippen LogP contribution in [0.4, 0.5) is 11.4 Å². The smallest absolute Gasteiger partial charge is 0.293 e. The van der Waals surface area contributed by atoms with Gasteiger partial charge < -0.3 is 19.8 Å². The van der Waals surface area contributed by atoms with E-state index in [9.17, 15) is 23.3 Å². The van der Waals surface area contributed by atoms with Crippen LogP contribution in [0.3, 0.4) is 0 Å². The third-order valence-electron chi connectivity index (χ3n) is 6.42. The van der Waals surface area contributed by atoms with Gasteiger partial charge in [0, 0.05) is 41.9 Å². The number of nitro benzene ring substituents is 1. The van der Waals surface area contributed by atoms with Crippen molar-refractivity contribution in [2.75, 3.05) is 25.1 Å². The van der Waals surface area contributed by atoms with Gasteiger partial charge in [-0.1, -0.05) is 15.9 Å². The number of fused-ring (bicyclic) bond motifs is 1. The van der Waals surface area contributed by atoms with E-state index in [0.29, 0.717) is 41.5 Å². The van der Waals surface area contributed by atoms with E-state index in [2.05, 4.69) is 31.2 Å². The monoisotopic (exact) mass is 629 g/mol. The highest BCUT2D eigenvalue weighted by Crippen LogP contribution is 2.31. The highest BCUT2D eigenvalue weighted by atomic mass is 79.9. The highest BCUT2D eigenvalue weighted by molar-refractivity contribution is 9.10. The molecule has 0 saturated carbocycles. The second-order valence-electron chi connectivity index (χ2n) is 9.14. The van der Waals surface area contributed by atoms with E-state index >= 15 is 0 Å². The molecule has 3 N–H and O–H groups in total. The van der Waals surface area contributed by atoms with Gasteiger partial charge in [-0.3, -0.25) is 14.9 Å². The van der Waals surface area contributed by atoms with Crippen LogP contribution in [0.15, 0.2) is 70.3 Å². The number of carbonyl (C=O) groups is 1. The molecule has 0 unspecified atom stereocenters. The van der Waals surface area contributed by atoms with Gasteiger partial charge in [-0.05, 0) is 61.2 Å². The number of rotatable bonds is 9. The Kier molecular flexibility index (Phi) is 8.00. The van der Waals surface area contributed by atoms with E-state index in [4.69, 9.17) is 9.47 Å². The minimum Gasteiger partial charge on any atom is -0.455 e. The van der Waals surface area contributed by atoms with Crippen LogP contribution in [0.1, 0.15) is 23.2 Å². The molecule has 0 radical (unpaired) electrons. The van der Waals surface area contributed by atoms with Gasteiger partial charge >= 0.3 is 0 Å². The lowest BCUT2D eigenvalue weighted by Crippen LogP contribution is -2.31. The average molecular weight is 630 g/mol. The molecule has 1 aliphatic heterocycles. The summed E-state index contributed by atoms with van der Waals surface area (Å²) in [6, 6.07) is 11.5. The topological polar surface area (TPSA) is 166 Å². The van der Waals surface area contributed by atoms with Gasteiger partial charge in [0.2, 0.25) is 0 Å². The maximum Gasteiger partial charge on any atom is 0.293 e. The van der Waals surface area contributed by atoms with Gasteiger partial charge in [-0.15, -0.1) is 0 Å². The molecule has 0 aliphatic carbocycles. The van der Waals surface area contributed by atoms with Gasteiger partial charge in [0.15, 0.2) is 0 Å². The number of H-pyrrole nitrogens is 1. The fourth-order valence-electron chi connectivity index (χ4n) is 4.29. The molecule has 1 saturated heterocycles. The molecule has 0 atom stereocenters. The molecule has 5 rings (SSSR count). The second kappa shape index (κ2) is 11.6.